The highest BCUT2D eigenvalue weighted by Crippen LogP contribution is 2.12. The zero-order chi connectivity index (χ0) is 11.0. The zero-order valence-corrected chi connectivity index (χ0v) is 8.62. The highest BCUT2D eigenvalue weighted by atomic mass is 35.5. The van der Waals surface area contributed by atoms with Gasteiger partial charge in [0.25, 0.3) is 5.56 Å². The van der Waals surface area contributed by atoms with Gasteiger partial charge in [0.2, 0.25) is 5.28 Å². The van der Waals surface area contributed by atoms with Gasteiger partial charge in [0.1, 0.15) is 0 Å². The van der Waals surface area contributed by atoms with E-state index in [1.807, 2.05) is 6.07 Å². The Morgan fingerprint density at radius 3 is 2.93 bits per heavy atom. The lowest BCUT2D eigenvalue weighted by Crippen LogP contribution is -2.18. The fourth-order valence-corrected chi connectivity index (χ4v) is 1.48. The average molecular weight is 220 g/mol. The molecule has 0 amide bonds. The molecule has 0 radical (unpaired) electrons. The van der Waals surface area contributed by atoms with E-state index in [9.17, 15) is 4.79 Å². The maximum Gasteiger partial charge on any atom is 0.262 e. The van der Waals surface area contributed by atoms with E-state index in [4.69, 9.17) is 16.9 Å². The molecule has 0 aliphatic rings. The van der Waals surface area contributed by atoms with Crippen LogP contribution in [0.5, 0.6) is 0 Å². The first-order valence-corrected chi connectivity index (χ1v) is 4.57. The van der Waals surface area contributed by atoms with Crippen LogP contribution in [-0.2, 0) is 7.05 Å². The van der Waals surface area contributed by atoms with E-state index in [1.165, 1.54) is 4.57 Å². The molecular weight excluding hydrogens is 214 g/mol. The van der Waals surface area contributed by atoms with E-state index in [0.717, 1.165) is 0 Å². The van der Waals surface area contributed by atoms with Gasteiger partial charge in [0.05, 0.1) is 22.5 Å². The van der Waals surface area contributed by atoms with Gasteiger partial charge in [-0.1, -0.05) is 0 Å². The van der Waals surface area contributed by atoms with Crippen molar-refractivity contribution in [2.75, 3.05) is 0 Å². The molecule has 2 aromatic rings. The Hall–Kier alpha value is -1.86. The molecule has 5 heteroatoms. The second kappa shape index (κ2) is 3.37. The molecule has 0 saturated heterocycles. The number of halogens is 1. The summed E-state index contributed by atoms with van der Waals surface area (Å²) in [5.41, 5.74) is 0.691. The van der Waals surface area contributed by atoms with E-state index in [2.05, 4.69) is 4.98 Å². The molecule has 0 atom stereocenters. The van der Waals surface area contributed by atoms with Gasteiger partial charge < -0.3 is 0 Å². The molecule has 1 heterocycles. The smallest absolute Gasteiger partial charge is 0.262 e. The summed E-state index contributed by atoms with van der Waals surface area (Å²) in [4.78, 5) is 15.7. The van der Waals surface area contributed by atoms with E-state index < -0.39 is 0 Å². The Kier molecular flexibility index (Phi) is 2.18. The van der Waals surface area contributed by atoms with Gasteiger partial charge >= 0.3 is 0 Å². The van der Waals surface area contributed by atoms with Crippen molar-refractivity contribution in [3.05, 3.63) is 39.4 Å². The lowest BCUT2D eigenvalue weighted by molar-refractivity contribution is 0.844. The largest absolute Gasteiger partial charge is 0.286 e. The fraction of sp³-hybridized carbons (Fsp3) is 0.100. The molecule has 0 aliphatic heterocycles. The van der Waals surface area contributed by atoms with Crippen molar-refractivity contribution in [1.29, 1.82) is 5.26 Å². The van der Waals surface area contributed by atoms with Gasteiger partial charge in [0, 0.05) is 7.05 Å². The minimum absolute atomic E-state index is 0.114. The summed E-state index contributed by atoms with van der Waals surface area (Å²) in [5.74, 6) is 0. The molecule has 2 rings (SSSR count). The second-order valence-corrected chi connectivity index (χ2v) is 3.43. The van der Waals surface area contributed by atoms with Crippen molar-refractivity contribution in [2.45, 2.75) is 0 Å². The molecule has 0 aliphatic carbocycles. The van der Waals surface area contributed by atoms with Crippen molar-refractivity contribution in [3.63, 3.8) is 0 Å². The SMILES string of the molecule is Cn1c(Cl)nc2cc(C#N)ccc2c1=O. The summed E-state index contributed by atoms with van der Waals surface area (Å²) >= 11 is 5.76. The Morgan fingerprint density at radius 1 is 1.53 bits per heavy atom. The Bertz CT molecular complexity index is 639. The molecule has 1 aromatic heterocycles. The molecule has 0 N–H and O–H groups in total. The number of fused-ring (bicyclic) bond motifs is 1. The molecule has 0 spiro atoms. The molecule has 4 nitrogen and oxygen atoms in total. The van der Waals surface area contributed by atoms with E-state index >= 15 is 0 Å². The number of hydrogen-bond acceptors (Lipinski definition) is 3. The number of nitrogens with zero attached hydrogens (tertiary/aromatic N) is 3. The molecule has 0 saturated carbocycles. The maximum atomic E-state index is 11.7. The Morgan fingerprint density at radius 2 is 2.27 bits per heavy atom. The van der Waals surface area contributed by atoms with Crippen LogP contribution in [0.15, 0.2) is 23.0 Å². The topological polar surface area (TPSA) is 58.7 Å². The van der Waals surface area contributed by atoms with Crippen LogP contribution in [0.25, 0.3) is 10.9 Å². The summed E-state index contributed by atoms with van der Waals surface area (Å²) in [6.45, 7) is 0. The summed E-state index contributed by atoms with van der Waals surface area (Å²) in [5, 5.41) is 9.27. The summed E-state index contributed by atoms with van der Waals surface area (Å²) in [6.07, 6.45) is 0. The molecule has 1 aromatic carbocycles. The number of benzene rings is 1. The summed E-state index contributed by atoms with van der Waals surface area (Å²) < 4.78 is 1.26. The molecular formula is C10H6ClN3O. The van der Waals surface area contributed by atoms with Crippen molar-refractivity contribution in [2.24, 2.45) is 7.05 Å². The van der Waals surface area contributed by atoms with Crippen LogP contribution in [0.2, 0.25) is 5.28 Å². The van der Waals surface area contributed by atoms with Gasteiger partial charge in [-0.2, -0.15) is 5.26 Å². The third-order valence-electron chi connectivity index (χ3n) is 2.15. The first kappa shape index (κ1) is 9.69. The summed E-state index contributed by atoms with van der Waals surface area (Å²) in [7, 11) is 1.55. The van der Waals surface area contributed by atoms with Crippen molar-refractivity contribution >= 4 is 22.5 Å². The fourth-order valence-electron chi connectivity index (χ4n) is 1.31. The van der Waals surface area contributed by atoms with Crippen LogP contribution >= 0.6 is 11.6 Å². The second-order valence-electron chi connectivity index (χ2n) is 3.09. The van der Waals surface area contributed by atoms with Crippen molar-refractivity contribution in [1.82, 2.24) is 9.55 Å². The van der Waals surface area contributed by atoms with Crippen LogP contribution < -0.4 is 5.56 Å². The highest BCUT2D eigenvalue weighted by molar-refractivity contribution is 6.28. The zero-order valence-electron chi connectivity index (χ0n) is 7.86. The molecule has 0 unspecified atom stereocenters. The number of rotatable bonds is 0. The predicted molar refractivity (Wildman–Crippen MR) is 56.7 cm³/mol. The monoisotopic (exact) mass is 219 g/mol. The van der Waals surface area contributed by atoms with Crippen LogP contribution in [0.3, 0.4) is 0 Å². The maximum absolute atomic E-state index is 11.7. The molecule has 0 bridgehead atoms. The van der Waals surface area contributed by atoms with E-state index in [-0.39, 0.29) is 10.8 Å². The van der Waals surface area contributed by atoms with Crippen molar-refractivity contribution < 1.29 is 0 Å². The normalized spacial score (nSPS) is 10.2. The van der Waals surface area contributed by atoms with Gasteiger partial charge in [-0.3, -0.25) is 9.36 Å². The van der Waals surface area contributed by atoms with E-state index in [0.29, 0.717) is 16.5 Å². The number of nitriles is 1. The third kappa shape index (κ3) is 1.47. The number of aromatic nitrogens is 2. The van der Waals surface area contributed by atoms with Crippen LogP contribution in [0.1, 0.15) is 5.56 Å². The quantitative estimate of drug-likeness (QED) is 0.631. The van der Waals surface area contributed by atoms with Crippen LogP contribution in [-0.4, -0.2) is 9.55 Å². The third-order valence-corrected chi connectivity index (χ3v) is 2.49. The van der Waals surface area contributed by atoms with Gasteiger partial charge in [-0.25, -0.2) is 4.98 Å². The lowest BCUT2D eigenvalue weighted by Gasteiger charge is -2.02. The molecule has 74 valence electrons. The minimum atomic E-state index is -0.213. The first-order chi connectivity index (χ1) is 7.13. The summed E-state index contributed by atoms with van der Waals surface area (Å²) in [6, 6.07) is 6.69. The van der Waals surface area contributed by atoms with Crippen LogP contribution in [0, 0.1) is 11.3 Å². The highest BCUT2D eigenvalue weighted by Gasteiger charge is 2.06. The van der Waals surface area contributed by atoms with Crippen molar-refractivity contribution in [3.8, 4) is 6.07 Å². The van der Waals surface area contributed by atoms with Crippen LogP contribution in [0.4, 0.5) is 0 Å². The predicted octanol–water partition coefficient (Wildman–Crippen LogP) is 1.46. The van der Waals surface area contributed by atoms with Gasteiger partial charge in [-0.15, -0.1) is 0 Å². The molecule has 15 heavy (non-hydrogen) atoms. The van der Waals surface area contributed by atoms with Gasteiger partial charge in [-0.05, 0) is 29.8 Å². The Labute approximate surface area is 90.3 Å². The average Bonchev–Trinajstić information content (AvgIpc) is 2.25. The lowest BCUT2D eigenvalue weighted by atomic mass is 10.2. The van der Waals surface area contributed by atoms with E-state index in [1.54, 1.807) is 25.2 Å². The Balaban J connectivity index is 2.94. The van der Waals surface area contributed by atoms with Gasteiger partial charge in [0.15, 0.2) is 0 Å². The molecule has 0 fully saturated rings. The first-order valence-electron chi connectivity index (χ1n) is 4.20. The minimum Gasteiger partial charge on any atom is -0.286 e. The standard InChI is InChI=1S/C10H6ClN3O/c1-14-9(15)7-3-2-6(5-12)4-8(7)13-10(14)11/h2-4H,1H3. The number of hydrogen-bond donors (Lipinski definition) is 0.